The van der Waals surface area contributed by atoms with Gasteiger partial charge in [-0.3, -0.25) is 0 Å². The summed E-state index contributed by atoms with van der Waals surface area (Å²) in [7, 11) is -6.46. The quantitative estimate of drug-likeness (QED) is 0.504. The third-order valence-electron chi connectivity index (χ3n) is 4.43. The highest BCUT2D eigenvalue weighted by Crippen LogP contribution is 2.31. The van der Waals surface area contributed by atoms with E-state index in [0.29, 0.717) is 35.3 Å². The molecule has 3 N–H and O–H groups in total. The van der Waals surface area contributed by atoms with Gasteiger partial charge in [0.1, 0.15) is 5.75 Å². The molecule has 1 heterocycles. The summed E-state index contributed by atoms with van der Waals surface area (Å²) < 4.78 is 35.6. The highest BCUT2D eigenvalue weighted by molar-refractivity contribution is 7.85. The summed E-state index contributed by atoms with van der Waals surface area (Å²) in [5.74, 6) is -0.760. The molecule has 0 spiro atoms. The molecule has 0 bridgehead atoms. The average molecular weight is 344 g/mol. The van der Waals surface area contributed by atoms with E-state index < -0.39 is 23.1 Å². The summed E-state index contributed by atoms with van der Waals surface area (Å²) in [6.45, 7) is 8.12. The molecule has 0 aliphatic carbocycles. The van der Waals surface area contributed by atoms with Gasteiger partial charge in [0.2, 0.25) is 0 Å². The minimum Gasteiger partial charge on any atom is -0.423 e. The second kappa shape index (κ2) is 6.76. The monoisotopic (exact) mass is 344 g/mol. The summed E-state index contributed by atoms with van der Waals surface area (Å²) in [6, 6.07) is 0. The third kappa shape index (κ3) is 3.85. The SMILES string of the molecule is Cc1c(CS(=O)(=O)F)c(C)c(N2CCNCC2)c(C)c1B(O)O. The normalized spacial score (nSPS) is 15.8. The van der Waals surface area contributed by atoms with Gasteiger partial charge < -0.3 is 20.3 Å². The average Bonchev–Trinajstić information content (AvgIpc) is 2.43. The van der Waals surface area contributed by atoms with Crippen LogP contribution in [-0.4, -0.2) is 51.8 Å². The van der Waals surface area contributed by atoms with Crippen LogP contribution in [0.4, 0.5) is 9.57 Å². The van der Waals surface area contributed by atoms with Gasteiger partial charge in [-0.25, -0.2) is 0 Å². The molecule has 1 aromatic rings. The van der Waals surface area contributed by atoms with Crippen molar-refractivity contribution in [3.8, 4) is 0 Å². The molecule has 0 saturated carbocycles. The molecular formula is C14H22BFN2O4S. The number of piperazine rings is 1. The first-order valence-electron chi connectivity index (χ1n) is 7.50. The van der Waals surface area contributed by atoms with Crippen molar-refractivity contribution in [2.24, 2.45) is 0 Å². The predicted octanol–water partition coefficient (Wildman–Crippen LogP) is -0.499. The van der Waals surface area contributed by atoms with Crippen LogP contribution in [0.2, 0.25) is 0 Å². The lowest BCUT2D eigenvalue weighted by atomic mass is 9.71. The summed E-state index contributed by atoms with van der Waals surface area (Å²) in [5.41, 5.74) is 3.09. The number of rotatable bonds is 4. The van der Waals surface area contributed by atoms with Crippen molar-refractivity contribution in [1.29, 1.82) is 0 Å². The van der Waals surface area contributed by atoms with Crippen molar-refractivity contribution in [3.05, 3.63) is 22.3 Å². The number of hydrogen-bond donors (Lipinski definition) is 3. The summed E-state index contributed by atoms with van der Waals surface area (Å²) in [6.07, 6.45) is 0. The molecule has 0 unspecified atom stereocenters. The van der Waals surface area contributed by atoms with E-state index in [9.17, 15) is 22.4 Å². The van der Waals surface area contributed by atoms with Crippen molar-refractivity contribution >= 4 is 28.5 Å². The van der Waals surface area contributed by atoms with Crippen LogP contribution in [0.15, 0.2) is 0 Å². The first-order chi connectivity index (χ1) is 10.6. The summed E-state index contributed by atoms with van der Waals surface area (Å²) >= 11 is 0. The molecular weight excluding hydrogens is 322 g/mol. The number of anilines is 1. The molecule has 0 aromatic heterocycles. The van der Waals surface area contributed by atoms with Gasteiger partial charge in [-0.15, -0.1) is 3.89 Å². The van der Waals surface area contributed by atoms with Gasteiger partial charge >= 0.3 is 17.3 Å². The Morgan fingerprint density at radius 3 is 2.17 bits per heavy atom. The lowest BCUT2D eigenvalue weighted by Crippen LogP contribution is -2.46. The van der Waals surface area contributed by atoms with Gasteiger partial charge in [0.25, 0.3) is 0 Å². The molecule has 0 atom stereocenters. The van der Waals surface area contributed by atoms with Gasteiger partial charge in [-0.05, 0) is 48.5 Å². The zero-order valence-electron chi connectivity index (χ0n) is 13.6. The van der Waals surface area contributed by atoms with Crippen LogP contribution < -0.4 is 15.7 Å². The highest BCUT2D eigenvalue weighted by Gasteiger charge is 2.28. The lowest BCUT2D eigenvalue weighted by Gasteiger charge is -2.34. The van der Waals surface area contributed by atoms with E-state index in [1.807, 2.05) is 0 Å². The Balaban J connectivity index is 2.69. The van der Waals surface area contributed by atoms with E-state index in [4.69, 9.17) is 0 Å². The van der Waals surface area contributed by atoms with E-state index >= 15 is 0 Å². The second-order valence-electron chi connectivity index (χ2n) is 5.91. The Hall–Kier alpha value is -1.16. The van der Waals surface area contributed by atoms with Crippen LogP contribution in [0.3, 0.4) is 0 Å². The van der Waals surface area contributed by atoms with Crippen LogP contribution in [-0.2, 0) is 16.0 Å². The van der Waals surface area contributed by atoms with Crippen LogP contribution in [0, 0.1) is 20.8 Å². The lowest BCUT2D eigenvalue weighted by molar-refractivity contribution is 0.425. The Labute approximate surface area is 136 Å². The highest BCUT2D eigenvalue weighted by atomic mass is 32.3. The zero-order valence-corrected chi connectivity index (χ0v) is 14.4. The molecule has 1 fully saturated rings. The molecule has 1 aromatic carbocycles. The maximum Gasteiger partial charge on any atom is 0.489 e. The van der Waals surface area contributed by atoms with Gasteiger partial charge in [0, 0.05) is 31.9 Å². The Morgan fingerprint density at radius 2 is 1.70 bits per heavy atom. The molecule has 128 valence electrons. The van der Waals surface area contributed by atoms with Gasteiger partial charge in [0.05, 0.1) is 0 Å². The number of nitrogens with zero attached hydrogens (tertiary/aromatic N) is 1. The van der Waals surface area contributed by atoms with Gasteiger partial charge in [0.15, 0.2) is 0 Å². The van der Waals surface area contributed by atoms with Gasteiger partial charge in [-0.2, -0.15) is 8.42 Å². The molecule has 1 saturated heterocycles. The molecule has 0 radical (unpaired) electrons. The fourth-order valence-electron chi connectivity index (χ4n) is 3.42. The number of hydrogen-bond acceptors (Lipinski definition) is 6. The summed E-state index contributed by atoms with van der Waals surface area (Å²) in [4.78, 5) is 2.07. The fraction of sp³-hybridized carbons (Fsp3) is 0.571. The fourth-order valence-corrected chi connectivity index (χ4v) is 4.19. The van der Waals surface area contributed by atoms with E-state index in [-0.39, 0.29) is 5.46 Å². The molecule has 0 amide bonds. The number of halogens is 1. The van der Waals surface area contributed by atoms with Crippen LogP contribution in [0.1, 0.15) is 22.3 Å². The van der Waals surface area contributed by atoms with Crippen molar-refractivity contribution < 1.29 is 22.4 Å². The van der Waals surface area contributed by atoms with Crippen molar-refractivity contribution in [3.63, 3.8) is 0 Å². The van der Waals surface area contributed by atoms with Crippen LogP contribution in [0.5, 0.6) is 0 Å². The summed E-state index contributed by atoms with van der Waals surface area (Å²) in [5, 5.41) is 22.6. The number of nitrogens with one attached hydrogen (secondary N) is 1. The van der Waals surface area contributed by atoms with Crippen LogP contribution in [0.25, 0.3) is 0 Å². The maximum atomic E-state index is 13.3. The third-order valence-corrected chi connectivity index (χ3v) is 5.07. The van der Waals surface area contributed by atoms with Crippen LogP contribution >= 0.6 is 0 Å². The molecule has 23 heavy (non-hydrogen) atoms. The first-order valence-corrected chi connectivity index (χ1v) is 9.05. The Bertz CT molecular complexity index is 703. The standard InChI is InChI=1S/C14H22BFN2O4S/c1-9-12(8-23(16,21)22)10(2)14(11(3)13(9)15(19)20)18-6-4-17-5-7-18/h17,19-20H,4-8H2,1-3H3. The topological polar surface area (TPSA) is 89.9 Å². The van der Waals surface area contributed by atoms with E-state index in [0.717, 1.165) is 18.8 Å². The van der Waals surface area contributed by atoms with E-state index in [1.165, 1.54) is 0 Å². The largest absolute Gasteiger partial charge is 0.489 e. The molecule has 2 rings (SSSR count). The predicted molar refractivity (Wildman–Crippen MR) is 89.3 cm³/mol. The zero-order chi connectivity index (χ0) is 17.4. The minimum absolute atomic E-state index is 0.253. The van der Waals surface area contributed by atoms with Crippen molar-refractivity contribution in [2.45, 2.75) is 26.5 Å². The minimum atomic E-state index is -4.72. The van der Waals surface area contributed by atoms with E-state index in [2.05, 4.69) is 10.2 Å². The Morgan fingerprint density at radius 1 is 1.13 bits per heavy atom. The van der Waals surface area contributed by atoms with Crippen molar-refractivity contribution in [1.82, 2.24) is 5.32 Å². The van der Waals surface area contributed by atoms with E-state index in [1.54, 1.807) is 20.8 Å². The van der Waals surface area contributed by atoms with Crippen molar-refractivity contribution in [2.75, 3.05) is 31.1 Å². The van der Waals surface area contributed by atoms with Gasteiger partial charge in [-0.1, -0.05) is 0 Å². The second-order valence-corrected chi connectivity index (χ2v) is 7.28. The first kappa shape index (κ1) is 18.2. The molecule has 9 heteroatoms. The smallest absolute Gasteiger partial charge is 0.423 e. The molecule has 1 aliphatic rings. The maximum absolute atomic E-state index is 13.3. The number of benzene rings is 1. The Kier molecular flexibility index (Phi) is 5.35. The molecule has 1 aliphatic heterocycles. The molecule has 6 nitrogen and oxygen atoms in total.